The highest BCUT2D eigenvalue weighted by Gasteiger charge is 2.47. The highest BCUT2D eigenvalue weighted by Crippen LogP contribution is 2.44. The van der Waals surface area contributed by atoms with Crippen molar-refractivity contribution in [1.29, 1.82) is 0 Å². The largest absolute Gasteiger partial charge is 0.374 e. The fraction of sp³-hybridized carbons (Fsp3) is 0.273. The molecule has 40 heavy (non-hydrogen) atoms. The van der Waals surface area contributed by atoms with Crippen molar-refractivity contribution in [2.24, 2.45) is 0 Å². The predicted molar refractivity (Wildman–Crippen MR) is 155 cm³/mol. The van der Waals surface area contributed by atoms with Crippen molar-refractivity contribution >= 4 is 8.03 Å². The Bertz CT molecular complexity index is 1290. The topological polar surface area (TPSA) is 63.2 Å². The number of hydrogen-bond donors (Lipinski definition) is 0. The van der Waals surface area contributed by atoms with Crippen LogP contribution in [-0.2, 0) is 54.5 Å². The molecule has 2 unspecified atom stereocenters. The van der Waals surface area contributed by atoms with E-state index in [1.165, 1.54) is 0 Å². The van der Waals surface area contributed by atoms with Crippen molar-refractivity contribution in [2.75, 3.05) is 6.61 Å². The highest BCUT2D eigenvalue weighted by molar-refractivity contribution is 7.40. The summed E-state index contributed by atoms with van der Waals surface area (Å²) in [5.41, 5.74) is 4.06. The van der Waals surface area contributed by atoms with Gasteiger partial charge in [-0.15, -0.1) is 0 Å². The third kappa shape index (κ3) is 8.21. The SMILES string of the molecule is O=[PH]1O[C@H](COCc2ccccc2)[C@@H](OCc2ccccc2)[C@H](OCc2ccccc2)C1OCc1ccccc1. The molecule has 1 aliphatic heterocycles. The molecule has 0 aromatic heterocycles. The van der Waals surface area contributed by atoms with Gasteiger partial charge in [0.2, 0.25) is 8.03 Å². The fourth-order valence-electron chi connectivity index (χ4n) is 4.64. The predicted octanol–water partition coefficient (Wildman–Crippen LogP) is 6.79. The van der Waals surface area contributed by atoms with E-state index in [1.54, 1.807) is 0 Å². The summed E-state index contributed by atoms with van der Waals surface area (Å²) < 4.78 is 44.9. The maximum Gasteiger partial charge on any atom is 0.222 e. The molecule has 0 saturated carbocycles. The van der Waals surface area contributed by atoms with E-state index in [0.29, 0.717) is 19.8 Å². The third-order valence-electron chi connectivity index (χ3n) is 6.73. The third-order valence-corrected chi connectivity index (χ3v) is 8.22. The van der Waals surface area contributed by atoms with Gasteiger partial charge >= 0.3 is 0 Å². The lowest BCUT2D eigenvalue weighted by Crippen LogP contribution is -2.53. The van der Waals surface area contributed by atoms with Crippen LogP contribution in [0.5, 0.6) is 0 Å². The molecule has 0 bridgehead atoms. The minimum Gasteiger partial charge on any atom is -0.374 e. The van der Waals surface area contributed by atoms with Gasteiger partial charge in [0.25, 0.3) is 0 Å². The first-order valence-electron chi connectivity index (χ1n) is 13.5. The van der Waals surface area contributed by atoms with Gasteiger partial charge in [0.05, 0.1) is 33.0 Å². The van der Waals surface area contributed by atoms with Crippen LogP contribution in [0, 0.1) is 0 Å². The van der Waals surface area contributed by atoms with Crippen molar-refractivity contribution < 1.29 is 28.0 Å². The Labute approximate surface area is 236 Å². The molecule has 1 fully saturated rings. The number of hydrogen-bond acceptors (Lipinski definition) is 6. The molecule has 5 rings (SSSR count). The lowest BCUT2D eigenvalue weighted by Gasteiger charge is -2.41. The van der Waals surface area contributed by atoms with Crippen molar-refractivity contribution in [3.8, 4) is 0 Å². The normalized spacial score (nSPS) is 22.6. The standard InChI is InChI=1S/C33H35O6P/c34-40-33(38-24-29-19-11-4-12-20-29)32(37-23-28-17-9-3-10-18-28)31(36-22-27-15-7-2-8-16-27)30(39-40)25-35-21-26-13-5-1-6-14-26/h1-20,30-33,40H,21-25H2/t30-,31-,32+,33?/m1/s1. The van der Waals surface area contributed by atoms with Crippen molar-refractivity contribution in [1.82, 2.24) is 0 Å². The summed E-state index contributed by atoms with van der Waals surface area (Å²) in [7, 11) is -2.67. The first-order valence-corrected chi connectivity index (χ1v) is 14.9. The van der Waals surface area contributed by atoms with Crippen molar-refractivity contribution in [2.45, 2.75) is 50.6 Å². The first kappa shape index (κ1) is 28.4. The van der Waals surface area contributed by atoms with Gasteiger partial charge in [-0.2, -0.15) is 0 Å². The van der Waals surface area contributed by atoms with Crippen LogP contribution in [0.15, 0.2) is 121 Å². The summed E-state index contributed by atoms with van der Waals surface area (Å²) in [4.78, 5) is 0. The second kappa shape index (κ2) is 15.1. The van der Waals surface area contributed by atoms with Gasteiger partial charge < -0.3 is 23.5 Å². The minimum atomic E-state index is -2.67. The molecule has 0 radical (unpaired) electrons. The number of ether oxygens (including phenoxy) is 4. The van der Waals surface area contributed by atoms with E-state index in [9.17, 15) is 4.57 Å². The second-order valence-corrected chi connectivity index (χ2v) is 11.2. The quantitative estimate of drug-likeness (QED) is 0.168. The van der Waals surface area contributed by atoms with Crippen LogP contribution in [-0.4, -0.2) is 30.8 Å². The molecule has 1 heterocycles. The smallest absolute Gasteiger partial charge is 0.222 e. The summed E-state index contributed by atoms with van der Waals surface area (Å²) in [6, 6.07) is 39.6. The number of rotatable bonds is 13. The minimum absolute atomic E-state index is 0.210. The molecule has 0 amide bonds. The van der Waals surface area contributed by atoms with E-state index in [0.717, 1.165) is 22.3 Å². The Hall–Kier alpha value is -3.09. The van der Waals surface area contributed by atoms with Gasteiger partial charge in [-0.3, -0.25) is 4.57 Å². The summed E-state index contributed by atoms with van der Waals surface area (Å²) in [5.74, 6) is -0.778. The lowest BCUT2D eigenvalue weighted by molar-refractivity contribution is -0.183. The molecule has 0 spiro atoms. The Kier molecular flexibility index (Phi) is 10.7. The van der Waals surface area contributed by atoms with E-state index in [1.807, 2.05) is 121 Å². The Balaban J connectivity index is 1.36. The zero-order chi connectivity index (χ0) is 27.4. The Morgan fingerprint density at radius 1 is 0.525 bits per heavy atom. The van der Waals surface area contributed by atoms with Crippen LogP contribution >= 0.6 is 8.03 Å². The first-order chi connectivity index (χ1) is 19.8. The average Bonchev–Trinajstić information content (AvgIpc) is 3.01. The molecule has 5 atom stereocenters. The maximum absolute atomic E-state index is 13.5. The van der Waals surface area contributed by atoms with Gasteiger partial charge in [0.15, 0.2) is 5.85 Å². The summed E-state index contributed by atoms with van der Waals surface area (Å²) in [6.07, 6.45) is -1.78. The highest BCUT2D eigenvalue weighted by atomic mass is 31.1. The van der Waals surface area contributed by atoms with Gasteiger partial charge in [-0.25, -0.2) is 0 Å². The summed E-state index contributed by atoms with van der Waals surface area (Å²) in [6.45, 7) is 1.59. The zero-order valence-corrected chi connectivity index (χ0v) is 23.3. The molecule has 0 N–H and O–H groups in total. The van der Waals surface area contributed by atoms with Crippen molar-refractivity contribution in [3.05, 3.63) is 144 Å². The molecule has 7 heteroatoms. The maximum atomic E-state index is 13.5. The molecule has 0 aliphatic carbocycles. The zero-order valence-electron chi connectivity index (χ0n) is 22.3. The molecule has 208 valence electrons. The molecule has 4 aromatic carbocycles. The number of benzene rings is 4. The molecule has 4 aromatic rings. The lowest BCUT2D eigenvalue weighted by atomic mass is 10.1. The van der Waals surface area contributed by atoms with Gasteiger partial charge in [0.1, 0.15) is 18.3 Å². The van der Waals surface area contributed by atoms with E-state index < -0.39 is 32.2 Å². The van der Waals surface area contributed by atoms with Gasteiger partial charge in [-0.05, 0) is 22.3 Å². The molecule has 1 saturated heterocycles. The van der Waals surface area contributed by atoms with Crippen LogP contribution in [0.25, 0.3) is 0 Å². The molecule has 1 aliphatic rings. The summed E-state index contributed by atoms with van der Waals surface area (Å²) >= 11 is 0. The monoisotopic (exact) mass is 558 g/mol. The van der Waals surface area contributed by atoms with Crippen molar-refractivity contribution in [3.63, 3.8) is 0 Å². The van der Waals surface area contributed by atoms with Gasteiger partial charge in [-0.1, -0.05) is 121 Å². The van der Waals surface area contributed by atoms with Crippen LogP contribution in [0.4, 0.5) is 0 Å². The molecular formula is C33H35O6P. The van der Waals surface area contributed by atoms with Crippen LogP contribution in [0.2, 0.25) is 0 Å². The summed E-state index contributed by atoms with van der Waals surface area (Å²) in [5, 5.41) is 0. The average molecular weight is 559 g/mol. The fourth-order valence-corrected chi connectivity index (χ4v) is 6.05. The van der Waals surface area contributed by atoms with E-state index in [4.69, 9.17) is 23.5 Å². The van der Waals surface area contributed by atoms with Crippen LogP contribution in [0.3, 0.4) is 0 Å². The van der Waals surface area contributed by atoms with E-state index in [-0.39, 0.29) is 13.2 Å². The second-order valence-electron chi connectivity index (χ2n) is 9.72. The Morgan fingerprint density at radius 2 is 0.925 bits per heavy atom. The van der Waals surface area contributed by atoms with Crippen LogP contribution < -0.4 is 0 Å². The Morgan fingerprint density at radius 3 is 1.40 bits per heavy atom. The van der Waals surface area contributed by atoms with Gasteiger partial charge in [0, 0.05) is 0 Å². The van der Waals surface area contributed by atoms with E-state index >= 15 is 0 Å². The molecule has 6 nitrogen and oxygen atoms in total. The van der Waals surface area contributed by atoms with Crippen LogP contribution in [0.1, 0.15) is 22.3 Å². The van der Waals surface area contributed by atoms with E-state index in [2.05, 4.69) is 0 Å². The molecular weight excluding hydrogens is 523 g/mol.